The fourth-order valence-electron chi connectivity index (χ4n) is 5.34. The number of hydrogen-bond donors (Lipinski definition) is 1. The Bertz CT molecular complexity index is 1410. The third kappa shape index (κ3) is 4.02. The van der Waals surface area contributed by atoms with Crippen LogP contribution in [0, 0.1) is 0 Å². The van der Waals surface area contributed by atoms with Crippen molar-refractivity contribution in [1.29, 1.82) is 0 Å². The molecule has 2 heterocycles. The first-order valence-corrected chi connectivity index (χ1v) is 12.7. The molecule has 36 heavy (non-hydrogen) atoms. The zero-order chi connectivity index (χ0) is 24.5. The summed E-state index contributed by atoms with van der Waals surface area (Å²) in [4.78, 5) is 19.1. The highest BCUT2D eigenvalue weighted by Crippen LogP contribution is 2.38. The van der Waals surface area contributed by atoms with Gasteiger partial charge in [-0.15, -0.1) is 0 Å². The van der Waals surface area contributed by atoms with E-state index in [2.05, 4.69) is 36.5 Å². The molecule has 6 rings (SSSR count). The van der Waals surface area contributed by atoms with Gasteiger partial charge in [-0.05, 0) is 55.5 Å². The smallest absolute Gasteiger partial charge is 0.270 e. The van der Waals surface area contributed by atoms with Crippen LogP contribution in [-0.2, 0) is 13.0 Å². The molecule has 1 amide bonds. The first kappa shape index (κ1) is 22.4. The van der Waals surface area contributed by atoms with Gasteiger partial charge in [-0.25, -0.2) is 4.98 Å². The number of carbonyl (C=O) groups excluding carboxylic acids is 1. The molecule has 1 aliphatic carbocycles. The summed E-state index contributed by atoms with van der Waals surface area (Å²) >= 11 is 0. The van der Waals surface area contributed by atoms with E-state index < -0.39 is 0 Å². The molecule has 0 fully saturated rings. The number of aryl methyl sites for hydroxylation is 1. The fraction of sp³-hybridized carbons (Fsp3) is 0.267. The van der Waals surface area contributed by atoms with Gasteiger partial charge in [-0.2, -0.15) is 0 Å². The second-order valence-corrected chi connectivity index (χ2v) is 9.28. The maximum atomic E-state index is 14.1. The SMILES string of the molecule is CCn1c(-c2ccccc2)nc(-c2ccc3c(c2)OCO3)c1C(=O)NC1CCCCc2ccccc21. The van der Waals surface area contributed by atoms with Crippen LogP contribution in [0.4, 0.5) is 0 Å². The van der Waals surface area contributed by atoms with Crippen LogP contribution in [0.3, 0.4) is 0 Å². The number of hydrogen-bond acceptors (Lipinski definition) is 4. The van der Waals surface area contributed by atoms with Gasteiger partial charge in [0.1, 0.15) is 17.2 Å². The number of ether oxygens (including phenoxy) is 2. The van der Waals surface area contributed by atoms with Crippen LogP contribution in [-0.4, -0.2) is 22.3 Å². The highest BCUT2D eigenvalue weighted by Gasteiger charge is 2.28. The summed E-state index contributed by atoms with van der Waals surface area (Å²) in [6.07, 6.45) is 4.19. The molecule has 3 aromatic carbocycles. The van der Waals surface area contributed by atoms with Crippen molar-refractivity contribution in [2.24, 2.45) is 0 Å². The number of fused-ring (bicyclic) bond motifs is 2. The number of imidazole rings is 1. The minimum absolute atomic E-state index is 0.0267. The van der Waals surface area contributed by atoms with E-state index in [1.54, 1.807) is 0 Å². The van der Waals surface area contributed by atoms with Gasteiger partial charge in [-0.3, -0.25) is 4.79 Å². The Labute approximate surface area is 210 Å². The molecule has 1 N–H and O–H groups in total. The topological polar surface area (TPSA) is 65.4 Å². The fourth-order valence-corrected chi connectivity index (χ4v) is 5.34. The molecule has 182 valence electrons. The van der Waals surface area contributed by atoms with E-state index in [0.29, 0.717) is 29.4 Å². The molecule has 0 bridgehead atoms. The van der Waals surface area contributed by atoms with Gasteiger partial charge in [0.05, 0.1) is 6.04 Å². The van der Waals surface area contributed by atoms with Crippen LogP contribution in [0.5, 0.6) is 11.5 Å². The zero-order valence-corrected chi connectivity index (χ0v) is 20.4. The van der Waals surface area contributed by atoms with Gasteiger partial charge in [0.25, 0.3) is 5.91 Å². The van der Waals surface area contributed by atoms with Gasteiger partial charge >= 0.3 is 0 Å². The second kappa shape index (κ2) is 9.53. The molecule has 0 spiro atoms. The van der Waals surface area contributed by atoms with E-state index in [0.717, 1.165) is 42.6 Å². The molecule has 0 radical (unpaired) electrons. The molecule has 0 saturated heterocycles. The molecule has 0 saturated carbocycles. The normalized spacial score (nSPS) is 16.3. The quantitative estimate of drug-likeness (QED) is 0.348. The molecule has 4 aromatic rings. The number of benzene rings is 3. The predicted molar refractivity (Wildman–Crippen MR) is 139 cm³/mol. The van der Waals surface area contributed by atoms with Crippen molar-refractivity contribution in [2.75, 3.05) is 6.79 Å². The Hall–Kier alpha value is -4.06. The first-order chi connectivity index (χ1) is 17.7. The summed E-state index contributed by atoms with van der Waals surface area (Å²) in [6.45, 7) is 2.87. The second-order valence-electron chi connectivity index (χ2n) is 9.28. The molecule has 1 atom stereocenters. The van der Waals surface area contributed by atoms with Crippen LogP contribution in [0.1, 0.15) is 53.8 Å². The van der Waals surface area contributed by atoms with Crippen molar-refractivity contribution < 1.29 is 14.3 Å². The van der Waals surface area contributed by atoms with Crippen molar-refractivity contribution in [1.82, 2.24) is 14.9 Å². The summed E-state index contributed by atoms with van der Waals surface area (Å²) in [5.41, 5.74) is 5.56. The van der Waals surface area contributed by atoms with Gasteiger partial charge in [0.15, 0.2) is 11.5 Å². The Kier molecular flexibility index (Phi) is 5.93. The van der Waals surface area contributed by atoms with Gasteiger partial charge in [-0.1, -0.05) is 61.0 Å². The number of carbonyl (C=O) groups is 1. The molecule has 1 aromatic heterocycles. The van der Waals surface area contributed by atoms with Crippen molar-refractivity contribution in [3.05, 3.63) is 89.6 Å². The molecular formula is C30H29N3O3. The highest BCUT2D eigenvalue weighted by molar-refractivity contribution is 6.00. The average molecular weight is 480 g/mol. The Morgan fingerprint density at radius 3 is 2.64 bits per heavy atom. The number of aromatic nitrogens is 2. The van der Waals surface area contributed by atoms with E-state index >= 15 is 0 Å². The monoisotopic (exact) mass is 479 g/mol. The first-order valence-electron chi connectivity index (χ1n) is 12.7. The molecule has 1 unspecified atom stereocenters. The third-order valence-corrected chi connectivity index (χ3v) is 7.10. The lowest BCUT2D eigenvalue weighted by molar-refractivity contribution is 0.0926. The van der Waals surface area contributed by atoms with Gasteiger partial charge in [0, 0.05) is 17.7 Å². The Morgan fingerprint density at radius 1 is 0.972 bits per heavy atom. The van der Waals surface area contributed by atoms with Gasteiger partial charge in [0.2, 0.25) is 6.79 Å². The number of amides is 1. The van der Waals surface area contributed by atoms with E-state index in [1.807, 2.05) is 53.1 Å². The third-order valence-electron chi connectivity index (χ3n) is 7.10. The summed E-state index contributed by atoms with van der Waals surface area (Å²) in [7, 11) is 0. The van der Waals surface area contributed by atoms with E-state index in [-0.39, 0.29) is 18.7 Å². The number of rotatable bonds is 5. The average Bonchev–Trinajstić information content (AvgIpc) is 3.50. The van der Waals surface area contributed by atoms with Gasteiger partial charge < -0.3 is 19.4 Å². The summed E-state index contributed by atoms with van der Waals surface area (Å²) in [5, 5.41) is 3.38. The minimum Gasteiger partial charge on any atom is -0.454 e. The van der Waals surface area contributed by atoms with Crippen molar-refractivity contribution in [2.45, 2.75) is 45.2 Å². The van der Waals surface area contributed by atoms with Crippen LogP contribution < -0.4 is 14.8 Å². The van der Waals surface area contributed by atoms with Crippen molar-refractivity contribution >= 4 is 5.91 Å². The van der Waals surface area contributed by atoms with Crippen LogP contribution in [0.25, 0.3) is 22.6 Å². The van der Waals surface area contributed by atoms with Crippen LogP contribution >= 0.6 is 0 Å². The van der Waals surface area contributed by atoms with Crippen LogP contribution in [0.15, 0.2) is 72.8 Å². The number of nitrogens with zero attached hydrogens (tertiary/aromatic N) is 2. The maximum Gasteiger partial charge on any atom is 0.270 e. The lowest BCUT2D eigenvalue weighted by atomic mass is 9.99. The predicted octanol–water partition coefficient (Wildman–Crippen LogP) is 6.16. The Morgan fingerprint density at radius 2 is 1.78 bits per heavy atom. The molecule has 2 aliphatic rings. The molecule has 6 heteroatoms. The van der Waals surface area contributed by atoms with Crippen LogP contribution in [0.2, 0.25) is 0 Å². The number of nitrogens with one attached hydrogen (secondary N) is 1. The lowest BCUT2D eigenvalue weighted by Gasteiger charge is -2.20. The van der Waals surface area contributed by atoms with Crippen molar-refractivity contribution in [3.8, 4) is 34.1 Å². The largest absolute Gasteiger partial charge is 0.454 e. The summed E-state index contributed by atoms with van der Waals surface area (Å²) < 4.78 is 13.2. The maximum absolute atomic E-state index is 14.1. The van der Waals surface area contributed by atoms with E-state index in [1.165, 1.54) is 11.1 Å². The Balaban J connectivity index is 1.46. The molecular weight excluding hydrogens is 450 g/mol. The standard InChI is InChI=1S/C30H29N3O3/c1-2-33-28(30(34)31-24-15-9-7-11-20-10-6-8-14-23(20)24)27(32-29(33)21-12-4-3-5-13-21)22-16-17-25-26(18-22)36-19-35-25/h3-6,8,10,12-14,16-18,24H,2,7,9,11,15,19H2,1H3,(H,31,34). The van der Waals surface area contributed by atoms with E-state index in [9.17, 15) is 4.79 Å². The highest BCUT2D eigenvalue weighted by atomic mass is 16.7. The van der Waals surface area contributed by atoms with Crippen molar-refractivity contribution in [3.63, 3.8) is 0 Å². The summed E-state index contributed by atoms with van der Waals surface area (Å²) in [6, 6.07) is 24.2. The lowest BCUT2D eigenvalue weighted by Crippen LogP contribution is -2.31. The molecule has 1 aliphatic heterocycles. The minimum atomic E-state index is -0.110. The zero-order valence-electron chi connectivity index (χ0n) is 20.4. The summed E-state index contributed by atoms with van der Waals surface area (Å²) in [5.74, 6) is 2.04. The van der Waals surface area contributed by atoms with E-state index in [4.69, 9.17) is 14.5 Å². The molecule has 6 nitrogen and oxygen atoms in total.